The fourth-order valence-corrected chi connectivity index (χ4v) is 7.41. The molecule has 5 unspecified atom stereocenters. The van der Waals surface area contributed by atoms with E-state index in [2.05, 4.69) is 49.4 Å². The van der Waals surface area contributed by atoms with Gasteiger partial charge in [-0.15, -0.1) is 0 Å². The molecule has 5 atom stereocenters. The van der Waals surface area contributed by atoms with Crippen molar-refractivity contribution in [2.24, 2.45) is 28.6 Å². The molecule has 0 spiro atoms. The van der Waals surface area contributed by atoms with Crippen molar-refractivity contribution in [1.82, 2.24) is 10.3 Å². The summed E-state index contributed by atoms with van der Waals surface area (Å²) in [6, 6.07) is 2.37. The van der Waals surface area contributed by atoms with Gasteiger partial charge >= 0.3 is 0 Å². The van der Waals surface area contributed by atoms with Crippen LogP contribution in [0.25, 0.3) is 5.57 Å². The second-order valence-electron chi connectivity index (χ2n) is 10.3. The summed E-state index contributed by atoms with van der Waals surface area (Å²) in [6.45, 7) is 8.01. The molecule has 1 aromatic heterocycles. The molecule has 1 N–H and O–H groups in total. The van der Waals surface area contributed by atoms with Crippen molar-refractivity contribution in [1.29, 1.82) is 0 Å². The Kier molecular flexibility index (Phi) is 4.49. The second kappa shape index (κ2) is 6.82. The Morgan fingerprint density at radius 1 is 1.14 bits per heavy atom. The van der Waals surface area contributed by atoms with Gasteiger partial charge in [-0.1, -0.05) is 32.4 Å². The molecule has 0 aromatic carbocycles. The Balaban J connectivity index is 1.46. The van der Waals surface area contributed by atoms with Crippen LogP contribution in [0.4, 0.5) is 0 Å². The molecule has 3 heteroatoms. The molecule has 154 valence electrons. The van der Waals surface area contributed by atoms with Crippen LogP contribution in [0.3, 0.4) is 0 Å². The van der Waals surface area contributed by atoms with E-state index in [1.54, 1.807) is 5.57 Å². The lowest BCUT2D eigenvalue weighted by atomic mass is 9.47. The molecule has 1 aliphatic heterocycles. The minimum Gasteiger partial charge on any atom is -0.353 e. The summed E-state index contributed by atoms with van der Waals surface area (Å²) in [4.78, 5) is 16.7. The number of allylic oxidation sites excluding steroid dienone is 3. The first-order valence-corrected chi connectivity index (χ1v) is 11.6. The normalized spacial score (nSPS) is 38.7. The number of carbonyl (C=O) groups excluding carboxylic acids is 1. The van der Waals surface area contributed by atoms with Gasteiger partial charge in [-0.2, -0.15) is 0 Å². The minimum atomic E-state index is 0.121. The van der Waals surface area contributed by atoms with Crippen molar-refractivity contribution in [3.63, 3.8) is 0 Å². The lowest BCUT2D eigenvalue weighted by molar-refractivity contribution is -0.116. The number of amides is 1. The van der Waals surface area contributed by atoms with Crippen molar-refractivity contribution >= 4 is 11.5 Å². The number of fused-ring (bicyclic) bond motifs is 5. The van der Waals surface area contributed by atoms with E-state index >= 15 is 0 Å². The third-order valence-electron chi connectivity index (χ3n) is 9.08. The van der Waals surface area contributed by atoms with Crippen molar-refractivity contribution in [3.8, 4) is 0 Å². The topological polar surface area (TPSA) is 42.0 Å². The van der Waals surface area contributed by atoms with E-state index in [0.717, 1.165) is 37.6 Å². The van der Waals surface area contributed by atoms with Crippen molar-refractivity contribution in [2.75, 3.05) is 6.54 Å². The van der Waals surface area contributed by atoms with E-state index in [-0.39, 0.29) is 16.7 Å². The number of aryl methyl sites for hydroxylation is 1. The van der Waals surface area contributed by atoms with Gasteiger partial charge in [-0.05, 0) is 96.3 Å². The molecule has 29 heavy (non-hydrogen) atoms. The van der Waals surface area contributed by atoms with Crippen LogP contribution in [0.2, 0.25) is 0 Å². The number of nitrogens with zero attached hydrogens (tertiary/aromatic N) is 1. The number of hydrogen-bond acceptors (Lipinski definition) is 2. The maximum Gasteiger partial charge on any atom is 0.243 e. The van der Waals surface area contributed by atoms with Gasteiger partial charge in [0.05, 0.1) is 0 Å². The van der Waals surface area contributed by atoms with Crippen LogP contribution in [0, 0.1) is 28.6 Å². The third kappa shape index (κ3) is 2.84. The number of rotatable bonds is 2. The van der Waals surface area contributed by atoms with Gasteiger partial charge in [0.2, 0.25) is 5.91 Å². The highest BCUT2D eigenvalue weighted by Gasteiger charge is 2.56. The molecule has 0 bridgehead atoms. The fraction of sp³-hybridized carbons (Fsp3) is 0.615. The molecular weight excluding hydrogens is 356 g/mol. The minimum absolute atomic E-state index is 0.121. The maximum absolute atomic E-state index is 12.1. The number of aromatic nitrogens is 1. The molecular formula is C26H34N2O. The standard InChI is InChI=1S/C26H34N2O/c1-4-17-13-18(16-27-15-17)21-7-8-22-20-6-5-19-14-24(29)28-12-11-25(19,2)23(20)9-10-26(21,22)3/h7,13-16,20,22-23H,4-6,8-12H2,1-3H3,(H,28,29). The second-order valence-corrected chi connectivity index (χ2v) is 10.3. The summed E-state index contributed by atoms with van der Waals surface area (Å²) >= 11 is 0. The first kappa shape index (κ1) is 19.1. The molecule has 1 aromatic rings. The Bertz CT molecular complexity index is 900. The van der Waals surface area contributed by atoms with Crippen LogP contribution in [0.5, 0.6) is 0 Å². The van der Waals surface area contributed by atoms with Gasteiger partial charge in [0.25, 0.3) is 0 Å². The van der Waals surface area contributed by atoms with Crippen LogP contribution >= 0.6 is 0 Å². The van der Waals surface area contributed by atoms with Crippen LogP contribution in [-0.2, 0) is 11.2 Å². The molecule has 2 fully saturated rings. The zero-order valence-electron chi connectivity index (χ0n) is 18.1. The lowest BCUT2D eigenvalue weighted by Gasteiger charge is -2.57. The first-order chi connectivity index (χ1) is 14.0. The number of nitrogens with one attached hydrogen (secondary N) is 1. The van der Waals surface area contributed by atoms with Gasteiger partial charge in [0.15, 0.2) is 0 Å². The van der Waals surface area contributed by atoms with Crippen molar-refractivity contribution < 1.29 is 4.79 Å². The summed E-state index contributed by atoms with van der Waals surface area (Å²) in [5, 5.41) is 3.08. The largest absolute Gasteiger partial charge is 0.353 e. The summed E-state index contributed by atoms with van der Waals surface area (Å²) in [5.74, 6) is 2.32. The molecule has 3 nitrogen and oxygen atoms in total. The zero-order chi connectivity index (χ0) is 20.2. The summed E-state index contributed by atoms with van der Waals surface area (Å²) in [6.07, 6.45) is 16.8. The van der Waals surface area contributed by atoms with E-state index < -0.39 is 0 Å². The third-order valence-corrected chi connectivity index (χ3v) is 9.08. The Labute approximate surface area is 175 Å². The monoisotopic (exact) mass is 390 g/mol. The molecule has 4 aliphatic rings. The van der Waals surface area contributed by atoms with Gasteiger partial charge < -0.3 is 5.32 Å². The Hall–Kier alpha value is -1.90. The van der Waals surface area contributed by atoms with Crippen molar-refractivity contribution in [3.05, 3.63) is 47.3 Å². The van der Waals surface area contributed by atoms with Gasteiger partial charge in [0.1, 0.15) is 0 Å². The van der Waals surface area contributed by atoms with Gasteiger partial charge in [-0.25, -0.2) is 0 Å². The Morgan fingerprint density at radius 3 is 2.83 bits per heavy atom. The number of hydrogen-bond donors (Lipinski definition) is 1. The zero-order valence-corrected chi connectivity index (χ0v) is 18.1. The highest BCUT2D eigenvalue weighted by molar-refractivity contribution is 5.88. The van der Waals surface area contributed by atoms with E-state index in [1.807, 2.05) is 12.3 Å². The van der Waals surface area contributed by atoms with Gasteiger partial charge in [-0.3, -0.25) is 9.78 Å². The number of pyridine rings is 1. The van der Waals surface area contributed by atoms with Crippen LogP contribution < -0.4 is 5.32 Å². The molecule has 2 heterocycles. The molecule has 0 saturated heterocycles. The summed E-state index contributed by atoms with van der Waals surface area (Å²) < 4.78 is 0. The smallest absolute Gasteiger partial charge is 0.243 e. The predicted octanol–water partition coefficient (Wildman–Crippen LogP) is 5.33. The highest BCUT2D eigenvalue weighted by atomic mass is 16.1. The van der Waals surface area contributed by atoms with Crippen LogP contribution in [0.1, 0.15) is 70.4 Å². The molecule has 0 radical (unpaired) electrons. The fourth-order valence-electron chi connectivity index (χ4n) is 7.41. The molecule has 1 amide bonds. The Morgan fingerprint density at radius 2 is 2.00 bits per heavy atom. The molecule has 3 aliphatic carbocycles. The first-order valence-electron chi connectivity index (χ1n) is 11.6. The quantitative estimate of drug-likeness (QED) is 0.742. The van der Waals surface area contributed by atoms with E-state index in [9.17, 15) is 4.79 Å². The van der Waals surface area contributed by atoms with E-state index in [4.69, 9.17) is 0 Å². The summed E-state index contributed by atoms with van der Waals surface area (Å²) in [7, 11) is 0. The van der Waals surface area contributed by atoms with E-state index in [1.165, 1.54) is 42.4 Å². The highest BCUT2D eigenvalue weighted by Crippen LogP contribution is 2.66. The number of carbonyl (C=O) groups is 1. The van der Waals surface area contributed by atoms with Crippen molar-refractivity contribution in [2.45, 2.75) is 65.7 Å². The predicted molar refractivity (Wildman–Crippen MR) is 117 cm³/mol. The lowest BCUT2D eigenvalue weighted by Crippen LogP contribution is -2.49. The summed E-state index contributed by atoms with van der Waals surface area (Å²) in [5.41, 5.74) is 6.11. The average molecular weight is 391 g/mol. The van der Waals surface area contributed by atoms with Crippen LogP contribution in [0.15, 0.2) is 36.2 Å². The maximum atomic E-state index is 12.1. The van der Waals surface area contributed by atoms with Gasteiger partial charge in [0, 0.05) is 25.0 Å². The molecule has 2 saturated carbocycles. The average Bonchev–Trinajstić information content (AvgIpc) is 2.99. The molecule has 5 rings (SSSR count). The van der Waals surface area contributed by atoms with Crippen LogP contribution in [-0.4, -0.2) is 17.4 Å². The van der Waals surface area contributed by atoms with E-state index in [0.29, 0.717) is 5.92 Å². The SMILES string of the molecule is CCc1cncc(C2=CCC3C4CCC5=CC(=O)NCCC5(C)C4CCC23C)c1.